The van der Waals surface area contributed by atoms with Gasteiger partial charge in [-0.1, -0.05) is 23.2 Å². The maximum atomic E-state index is 5.70. The highest BCUT2D eigenvalue weighted by Gasteiger charge is 1.95. The summed E-state index contributed by atoms with van der Waals surface area (Å²) in [6, 6.07) is 7.37. The van der Waals surface area contributed by atoms with Gasteiger partial charge in [0.1, 0.15) is 10.3 Å². The van der Waals surface area contributed by atoms with Gasteiger partial charge >= 0.3 is 0 Å². The molecule has 120 valence electrons. The molecule has 0 amide bonds. The third-order valence-corrected chi connectivity index (χ3v) is 2.97. The van der Waals surface area contributed by atoms with Crippen molar-refractivity contribution in [2.24, 2.45) is 9.98 Å². The van der Waals surface area contributed by atoms with Crippen molar-refractivity contribution in [1.82, 2.24) is 9.97 Å². The van der Waals surface area contributed by atoms with Crippen molar-refractivity contribution in [3.05, 3.63) is 60.2 Å². The van der Waals surface area contributed by atoms with Crippen LogP contribution in [-0.4, -0.2) is 34.4 Å². The highest BCUT2D eigenvalue weighted by Crippen LogP contribution is 2.01. The molecule has 0 aliphatic rings. The molecule has 0 atom stereocenters. The Morgan fingerprint density at radius 3 is 1.41 bits per heavy atom. The standard InChI is InChI=1S/2C7H7ClN2.2HI/c2*1-9-7(8)6-3-2-4-10-5-6;;/h2*2-5H,1H3;2*1H/b2*9-7-;;. The molecule has 2 heterocycles. The predicted molar refractivity (Wildman–Crippen MR) is 116 cm³/mol. The van der Waals surface area contributed by atoms with Crippen molar-refractivity contribution in [3.8, 4) is 0 Å². The van der Waals surface area contributed by atoms with Gasteiger partial charge in [-0.3, -0.25) is 20.0 Å². The molecule has 0 saturated carbocycles. The molecule has 0 aliphatic carbocycles. The number of aromatic nitrogens is 2. The van der Waals surface area contributed by atoms with E-state index in [2.05, 4.69) is 20.0 Å². The summed E-state index contributed by atoms with van der Waals surface area (Å²) in [5, 5.41) is 0.987. The maximum absolute atomic E-state index is 5.70. The molecule has 4 nitrogen and oxygen atoms in total. The van der Waals surface area contributed by atoms with Gasteiger partial charge in [-0.2, -0.15) is 0 Å². The predicted octanol–water partition coefficient (Wildman–Crippen LogP) is 4.63. The van der Waals surface area contributed by atoms with Crippen LogP contribution in [0.5, 0.6) is 0 Å². The molecular formula is C14H16Cl2I2N4. The maximum Gasteiger partial charge on any atom is 0.132 e. The first-order valence-corrected chi connectivity index (χ1v) is 6.50. The van der Waals surface area contributed by atoms with E-state index in [4.69, 9.17) is 23.2 Å². The van der Waals surface area contributed by atoms with Crippen LogP contribution in [0.3, 0.4) is 0 Å². The van der Waals surface area contributed by atoms with Crippen molar-refractivity contribution in [2.75, 3.05) is 14.1 Å². The zero-order chi connectivity index (χ0) is 14.8. The first-order valence-electron chi connectivity index (χ1n) is 5.74. The lowest BCUT2D eigenvalue weighted by molar-refractivity contribution is 1.31. The summed E-state index contributed by atoms with van der Waals surface area (Å²) < 4.78 is 0. The summed E-state index contributed by atoms with van der Waals surface area (Å²) in [5.41, 5.74) is 1.71. The summed E-state index contributed by atoms with van der Waals surface area (Å²) in [6.45, 7) is 0. The number of aliphatic imine (C=N–C) groups is 2. The number of nitrogens with zero attached hydrogens (tertiary/aromatic N) is 4. The summed E-state index contributed by atoms with van der Waals surface area (Å²) in [6.07, 6.45) is 6.75. The minimum absolute atomic E-state index is 0. The van der Waals surface area contributed by atoms with Gasteiger partial charge in [0, 0.05) is 50.0 Å². The van der Waals surface area contributed by atoms with E-state index in [9.17, 15) is 0 Å². The third kappa shape index (κ3) is 8.96. The molecule has 2 aromatic heterocycles. The fourth-order valence-corrected chi connectivity index (χ4v) is 1.45. The van der Waals surface area contributed by atoms with Crippen molar-refractivity contribution in [2.45, 2.75) is 0 Å². The lowest BCUT2D eigenvalue weighted by Gasteiger charge is -1.92. The molecule has 2 aromatic rings. The Labute approximate surface area is 174 Å². The first kappa shape index (κ1) is 23.9. The molecule has 0 bridgehead atoms. The Morgan fingerprint density at radius 2 is 1.18 bits per heavy atom. The summed E-state index contributed by atoms with van der Waals surface area (Å²) in [5.74, 6) is 0. The third-order valence-electron chi connectivity index (χ3n) is 2.19. The molecule has 8 heteroatoms. The van der Waals surface area contributed by atoms with Gasteiger partial charge in [-0.05, 0) is 24.3 Å². The van der Waals surface area contributed by atoms with Crippen LogP contribution in [0.25, 0.3) is 0 Å². The smallest absolute Gasteiger partial charge is 0.132 e. The molecule has 2 rings (SSSR count). The van der Waals surface area contributed by atoms with Crippen LogP contribution in [-0.2, 0) is 0 Å². The zero-order valence-corrected chi connectivity index (χ0v) is 18.2. The monoisotopic (exact) mass is 564 g/mol. The summed E-state index contributed by atoms with van der Waals surface area (Å²) >= 11 is 11.4. The quantitative estimate of drug-likeness (QED) is 0.395. The molecule has 22 heavy (non-hydrogen) atoms. The normalized spacial score (nSPS) is 10.5. The highest BCUT2D eigenvalue weighted by atomic mass is 127. The molecule has 0 N–H and O–H groups in total. The van der Waals surface area contributed by atoms with Crippen molar-refractivity contribution >= 4 is 81.5 Å². The van der Waals surface area contributed by atoms with Crippen LogP contribution < -0.4 is 0 Å². The molecule has 0 aromatic carbocycles. The second kappa shape index (κ2) is 14.3. The van der Waals surface area contributed by atoms with Crippen LogP contribution in [0.15, 0.2) is 59.0 Å². The number of hydrogen-bond donors (Lipinski definition) is 0. The van der Waals surface area contributed by atoms with E-state index in [0.29, 0.717) is 10.3 Å². The lowest BCUT2D eigenvalue weighted by Crippen LogP contribution is -1.89. The van der Waals surface area contributed by atoms with Crippen molar-refractivity contribution in [1.29, 1.82) is 0 Å². The van der Waals surface area contributed by atoms with Crippen LogP contribution in [0.2, 0.25) is 0 Å². The first-order chi connectivity index (χ1) is 9.69. The van der Waals surface area contributed by atoms with Crippen LogP contribution in [0.4, 0.5) is 0 Å². The second-order valence-electron chi connectivity index (χ2n) is 3.51. The number of pyridine rings is 2. The van der Waals surface area contributed by atoms with Crippen molar-refractivity contribution in [3.63, 3.8) is 0 Å². The lowest BCUT2D eigenvalue weighted by atomic mass is 10.3. The Hall–Kier alpha value is -0.320. The van der Waals surface area contributed by atoms with Gasteiger partial charge in [-0.25, -0.2) is 0 Å². The number of rotatable bonds is 2. The number of hydrogen-bond acceptors (Lipinski definition) is 4. The molecule has 0 spiro atoms. The molecular weight excluding hydrogens is 549 g/mol. The zero-order valence-electron chi connectivity index (χ0n) is 12.0. The number of halogens is 4. The fraction of sp³-hybridized carbons (Fsp3) is 0.143. The minimum atomic E-state index is 0. The largest absolute Gasteiger partial charge is 0.276 e. The SMILES string of the molecule is C/N=C(\Cl)c1cccnc1.C/N=C(\Cl)c1cccnc1.I.I. The van der Waals surface area contributed by atoms with Gasteiger partial charge in [0.15, 0.2) is 0 Å². The summed E-state index contributed by atoms with van der Waals surface area (Å²) in [7, 11) is 3.30. The van der Waals surface area contributed by atoms with E-state index < -0.39 is 0 Å². The van der Waals surface area contributed by atoms with E-state index >= 15 is 0 Å². The fourth-order valence-electron chi connectivity index (χ4n) is 1.23. The molecule has 0 saturated heterocycles. The van der Waals surface area contributed by atoms with E-state index in [1.54, 1.807) is 38.9 Å². The Balaban J connectivity index is 0. The Morgan fingerprint density at radius 1 is 0.818 bits per heavy atom. The van der Waals surface area contributed by atoms with Gasteiger partial charge in [0.25, 0.3) is 0 Å². The van der Waals surface area contributed by atoms with Gasteiger partial charge in [0.05, 0.1) is 0 Å². The second-order valence-corrected chi connectivity index (χ2v) is 4.23. The van der Waals surface area contributed by atoms with Gasteiger partial charge < -0.3 is 0 Å². The molecule has 0 radical (unpaired) electrons. The topological polar surface area (TPSA) is 50.5 Å². The van der Waals surface area contributed by atoms with Crippen molar-refractivity contribution < 1.29 is 0 Å². The van der Waals surface area contributed by atoms with Gasteiger partial charge in [0.2, 0.25) is 0 Å². The molecule has 0 fully saturated rings. The average molecular weight is 565 g/mol. The Kier molecular flexibility index (Phi) is 15.5. The minimum Gasteiger partial charge on any atom is -0.276 e. The van der Waals surface area contributed by atoms with E-state index in [1.807, 2.05) is 24.3 Å². The van der Waals surface area contributed by atoms with E-state index in [0.717, 1.165) is 11.1 Å². The highest BCUT2D eigenvalue weighted by molar-refractivity contribution is 14.0. The molecule has 0 aliphatic heterocycles. The Bertz CT molecular complexity index is 524. The van der Waals surface area contributed by atoms with Crippen LogP contribution >= 0.6 is 71.2 Å². The molecule has 0 unspecified atom stereocenters. The van der Waals surface area contributed by atoms with Crippen LogP contribution in [0.1, 0.15) is 11.1 Å². The van der Waals surface area contributed by atoms with E-state index in [1.165, 1.54) is 0 Å². The van der Waals surface area contributed by atoms with E-state index in [-0.39, 0.29) is 48.0 Å². The van der Waals surface area contributed by atoms with Gasteiger partial charge in [-0.15, -0.1) is 48.0 Å². The summed E-state index contributed by atoms with van der Waals surface area (Å²) in [4.78, 5) is 15.4. The van der Waals surface area contributed by atoms with Crippen LogP contribution in [0, 0.1) is 0 Å². The average Bonchev–Trinajstić information content (AvgIpc) is 2.55.